The molecule has 0 bridgehead atoms. The molecular weight excluding hydrogens is 528 g/mol. The fourth-order valence-corrected chi connectivity index (χ4v) is 7.46. The summed E-state index contributed by atoms with van der Waals surface area (Å²) >= 11 is 0. The molecule has 218 valence electrons. The number of benzene rings is 2. The van der Waals surface area contributed by atoms with E-state index in [1.807, 2.05) is 6.07 Å². The van der Waals surface area contributed by atoms with Crippen LogP contribution in [0.25, 0.3) is 10.9 Å². The number of ether oxygens (including phenoxy) is 5. The van der Waals surface area contributed by atoms with Gasteiger partial charge in [0.15, 0.2) is 11.5 Å². The highest BCUT2D eigenvalue weighted by molar-refractivity contribution is 5.91. The summed E-state index contributed by atoms with van der Waals surface area (Å²) in [5, 5.41) is 11.6. The van der Waals surface area contributed by atoms with Crippen molar-refractivity contribution in [3.63, 3.8) is 0 Å². The number of aromatic nitrogens is 1. The second-order valence-corrected chi connectivity index (χ2v) is 11.1. The number of nitrogens with one attached hydrogen (secondary N) is 1. The molecule has 0 amide bonds. The van der Waals surface area contributed by atoms with E-state index >= 15 is 0 Å². The Kier molecular flexibility index (Phi) is 7.29. The first-order valence-electron chi connectivity index (χ1n) is 14.0. The number of fused-ring (bicyclic) bond motifs is 6. The van der Waals surface area contributed by atoms with Gasteiger partial charge < -0.3 is 33.8 Å². The van der Waals surface area contributed by atoms with Crippen LogP contribution >= 0.6 is 0 Å². The molecule has 1 aliphatic carbocycles. The van der Waals surface area contributed by atoms with E-state index in [2.05, 4.69) is 28.1 Å². The van der Waals surface area contributed by atoms with E-state index in [9.17, 15) is 14.7 Å². The Bertz CT molecular complexity index is 1470. The van der Waals surface area contributed by atoms with Crippen molar-refractivity contribution in [2.45, 2.75) is 37.5 Å². The molecular formula is C31H36N2O8. The van der Waals surface area contributed by atoms with E-state index < -0.39 is 24.1 Å². The third-order valence-corrected chi connectivity index (χ3v) is 9.26. The van der Waals surface area contributed by atoms with Crippen LogP contribution in [-0.4, -0.2) is 80.7 Å². The van der Waals surface area contributed by atoms with Crippen LogP contribution in [0.3, 0.4) is 0 Å². The van der Waals surface area contributed by atoms with Gasteiger partial charge in [-0.2, -0.15) is 0 Å². The third kappa shape index (κ3) is 4.59. The van der Waals surface area contributed by atoms with Crippen LogP contribution in [0.4, 0.5) is 0 Å². The van der Waals surface area contributed by atoms with Gasteiger partial charge in [-0.25, -0.2) is 4.79 Å². The predicted octanol–water partition coefficient (Wildman–Crippen LogP) is 3.86. The van der Waals surface area contributed by atoms with Crippen LogP contribution in [-0.2, 0) is 25.4 Å². The molecule has 2 fully saturated rings. The summed E-state index contributed by atoms with van der Waals surface area (Å²) in [7, 11) is 5.75. The Labute approximate surface area is 238 Å². The van der Waals surface area contributed by atoms with Crippen LogP contribution < -0.4 is 9.47 Å². The Balaban J connectivity index is 1.29. The predicted molar refractivity (Wildman–Crippen MR) is 149 cm³/mol. The number of carbonyl (C=O) groups excluding carboxylic acids is 2. The molecule has 1 saturated heterocycles. The maximum absolute atomic E-state index is 13.3. The van der Waals surface area contributed by atoms with Crippen LogP contribution in [0.5, 0.6) is 17.2 Å². The summed E-state index contributed by atoms with van der Waals surface area (Å²) in [4.78, 5) is 32.8. The smallest absolute Gasteiger partial charge is 0.338 e. The summed E-state index contributed by atoms with van der Waals surface area (Å²) in [6.07, 6.45) is 0.908. The molecule has 6 atom stereocenters. The number of nitrogens with zero attached hydrogens (tertiary/aromatic N) is 1. The van der Waals surface area contributed by atoms with Gasteiger partial charge in [0.2, 0.25) is 5.75 Å². The zero-order valence-electron chi connectivity index (χ0n) is 23.7. The Hall–Kier alpha value is -3.76. The fraction of sp³-hybridized carbons (Fsp3) is 0.484. The molecule has 41 heavy (non-hydrogen) atoms. The van der Waals surface area contributed by atoms with Gasteiger partial charge in [0.05, 0.1) is 38.9 Å². The number of rotatable bonds is 6. The number of esters is 2. The maximum atomic E-state index is 13.3. The first kappa shape index (κ1) is 27.4. The first-order valence-corrected chi connectivity index (χ1v) is 14.0. The third-order valence-electron chi connectivity index (χ3n) is 9.26. The minimum absolute atomic E-state index is 0.00825. The Morgan fingerprint density at radius 2 is 1.85 bits per heavy atom. The normalized spacial score (nSPS) is 27.3. The van der Waals surface area contributed by atoms with Crippen molar-refractivity contribution >= 4 is 22.8 Å². The zero-order chi connectivity index (χ0) is 28.8. The minimum atomic E-state index is -0.682. The average molecular weight is 565 g/mol. The number of piperidine rings is 1. The summed E-state index contributed by atoms with van der Waals surface area (Å²) in [5.41, 5.74) is 3.84. The number of aromatic hydroxyl groups is 1. The summed E-state index contributed by atoms with van der Waals surface area (Å²) < 4.78 is 27.6. The molecule has 0 radical (unpaired) electrons. The number of hydrogen-bond donors (Lipinski definition) is 2. The van der Waals surface area contributed by atoms with Crippen LogP contribution in [0.1, 0.15) is 40.5 Å². The van der Waals surface area contributed by atoms with Crippen molar-refractivity contribution in [3.05, 3.63) is 53.2 Å². The van der Waals surface area contributed by atoms with Gasteiger partial charge >= 0.3 is 11.9 Å². The monoisotopic (exact) mass is 564 g/mol. The molecule has 2 aliphatic heterocycles. The quantitative estimate of drug-likeness (QED) is 0.430. The highest BCUT2D eigenvalue weighted by Gasteiger charge is 2.54. The van der Waals surface area contributed by atoms with Crippen molar-refractivity contribution in [1.29, 1.82) is 0 Å². The largest absolute Gasteiger partial charge is 0.504 e. The van der Waals surface area contributed by atoms with E-state index in [1.165, 1.54) is 57.2 Å². The number of hydrogen-bond acceptors (Lipinski definition) is 9. The van der Waals surface area contributed by atoms with E-state index in [1.54, 1.807) is 0 Å². The molecule has 6 rings (SSSR count). The lowest BCUT2D eigenvalue weighted by atomic mass is 9.63. The Morgan fingerprint density at radius 3 is 2.59 bits per heavy atom. The number of para-hydroxylation sites is 1. The highest BCUT2D eigenvalue weighted by atomic mass is 16.6. The summed E-state index contributed by atoms with van der Waals surface area (Å²) in [6, 6.07) is 11.3. The number of carbonyl (C=O) groups is 2. The van der Waals surface area contributed by atoms with Gasteiger partial charge in [0, 0.05) is 36.8 Å². The van der Waals surface area contributed by atoms with Crippen molar-refractivity contribution in [2.75, 3.05) is 41.5 Å². The van der Waals surface area contributed by atoms with E-state index in [4.69, 9.17) is 23.7 Å². The van der Waals surface area contributed by atoms with Gasteiger partial charge in [-0.1, -0.05) is 18.2 Å². The van der Waals surface area contributed by atoms with Crippen LogP contribution in [0.2, 0.25) is 0 Å². The van der Waals surface area contributed by atoms with Gasteiger partial charge in [-0.05, 0) is 54.9 Å². The lowest BCUT2D eigenvalue weighted by Crippen LogP contribution is -2.58. The molecule has 1 saturated carbocycles. The zero-order valence-corrected chi connectivity index (χ0v) is 23.7. The number of aromatic amines is 1. The molecule has 2 N–H and O–H groups in total. The number of phenols is 1. The van der Waals surface area contributed by atoms with Crippen LogP contribution in [0, 0.1) is 17.8 Å². The molecule has 1 aromatic heterocycles. The van der Waals surface area contributed by atoms with Gasteiger partial charge in [0.25, 0.3) is 0 Å². The average Bonchev–Trinajstić information content (AvgIpc) is 3.37. The molecule has 10 heteroatoms. The van der Waals surface area contributed by atoms with Crippen molar-refractivity contribution in [3.8, 4) is 17.2 Å². The van der Waals surface area contributed by atoms with E-state index in [0.717, 1.165) is 31.4 Å². The number of methoxy groups -OCH3 is 4. The Morgan fingerprint density at radius 1 is 1.05 bits per heavy atom. The van der Waals surface area contributed by atoms with E-state index in [0.29, 0.717) is 6.42 Å². The number of H-pyrrole nitrogens is 1. The second-order valence-electron chi connectivity index (χ2n) is 11.1. The summed E-state index contributed by atoms with van der Waals surface area (Å²) in [5.74, 6) is -1.42. The second kappa shape index (κ2) is 10.9. The topological polar surface area (TPSA) is 120 Å². The van der Waals surface area contributed by atoms with Crippen molar-refractivity contribution in [1.82, 2.24) is 9.88 Å². The molecule has 3 aromatic rings. The molecule has 3 aliphatic rings. The molecule has 6 unspecified atom stereocenters. The minimum Gasteiger partial charge on any atom is -0.504 e. The standard InChI is InChI=1S/C31H36N2O8/c1-37-24-12-16(11-23(34)28(24)38-2)30(35)41-25-13-17-15-33-10-9-19-18-7-5-6-8-21(18)32-27(19)22(33)14-20(17)26(29(25)39-3)31(36)40-4/h5-8,11-12,17,20,22,25-26,29,32,34H,9-10,13-15H2,1-4H3. The fourth-order valence-electron chi connectivity index (χ4n) is 7.46. The van der Waals surface area contributed by atoms with Crippen LogP contribution in [0.15, 0.2) is 36.4 Å². The SMILES string of the molecule is COC(=O)C1C2CC3c4[nH]c5ccccc5c4CCN3CC2CC(OC(=O)c2cc(O)c(OC)c(OC)c2)C1OC. The lowest BCUT2D eigenvalue weighted by molar-refractivity contribution is -0.176. The van der Waals surface area contributed by atoms with Gasteiger partial charge in [-0.15, -0.1) is 0 Å². The maximum Gasteiger partial charge on any atom is 0.338 e. The first-order chi connectivity index (χ1) is 19.9. The molecule has 0 spiro atoms. The van der Waals surface area contributed by atoms with Crippen molar-refractivity contribution < 1.29 is 38.4 Å². The highest BCUT2D eigenvalue weighted by Crippen LogP contribution is 2.50. The molecule has 10 nitrogen and oxygen atoms in total. The van der Waals surface area contributed by atoms with Gasteiger partial charge in [-0.3, -0.25) is 9.69 Å². The van der Waals surface area contributed by atoms with Gasteiger partial charge in [0.1, 0.15) is 12.2 Å². The lowest BCUT2D eigenvalue weighted by Gasteiger charge is -2.52. The van der Waals surface area contributed by atoms with Crippen molar-refractivity contribution in [2.24, 2.45) is 17.8 Å². The van der Waals surface area contributed by atoms with E-state index in [-0.39, 0.29) is 46.7 Å². The molecule has 2 aromatic carbocycles. The number of phenolic OH excluding ortho intramolecular Hbond substituents is 1. The summed E-state index contributed by atoms with van der Waals surface area (Å²) in [6.45, 7) is 1.70. The molecule has 3 heterocycles.